The minimum atomic E-state index is -0.136. The van der Waals surface area contributed by atoms with E-state index in [0.29, 0.717) is 10.4 Å². The largest absolute Gasteiger partial charge is 0.359 e. The Kier molecular flexibility index (Phi) is 3.48. The molecule has 13 heavy (non-hydrogen) atoms. The number of H-pyrrole nitrogens is 1. The van der Waals surface area contributed by atoms with E-state index in [0.717, 1.165) is 18.5 Å². The fourth-order valence-electron chi connectivity index (χ4n) is 1.03. The van der Waals surface area contributed by atoms with Crippen LogP contribution in [0.3, 0.4) is 0 Å². The highest BCUT2D eigenvalue weighted by molar-refractivity contribution is 9.10. The summed E-state index contributed by atoms with van der Waals surface area (Å²) in [7, 11) is 1.72. The van der Waals surface area contributed by atoms with Gasteiger partial charge in [-0.15, -0.1) is 0 Å². The number of hydrogen-bond donors (Lipinski definition) is 2. The number of hydrogen-bond acceptors (Lipinski definition) is 3. The number of aromatic amines is 1. The standard InChI is InChI=1S/C8H12BrN3O/c1-3-4-5-6(9)7(13)12-8(10-2)11-5/h3-4H2,1-2H3,(H2,10,11,12,13). The van der Waals surface area contributed by atoms with Gasteiger partial charge in [0.1, 0.15) is 4.47 Å². The zero-order valence-electron chi connectivity index (χ0n) is 7.65. The molecule has 1 heterocycles. The molecule has 0 atom stereocenters. The second kappa shape index (κ2) is 4.41. The molecule has 0 aliphatic rings. The van der Waals surface area contributed by atoms with Crippen molar-refractivity contribution in [3.05, 3.63) is 20.5 Å². The van der Waals surface area contributed by atoms with Crippen molar-refractivity contribution in [3.63, 3.8) is 0 Å². The van der Waals surface area contributed by atoms with Crippen molar-refractivity contribution in [1.82, 2.24) is 9.97 Å². The maximum absolute atomic E-state index is 11.3. The first-order valence-corrected chi connectivity index (χ1v) is 4.94. The van der Waals surface area contributed by atoms with Gasteiger partial charge in [0.05, 0.1) is 5.69 Å². The lowest BCUT2D eigenvalue weighted by molar-refractivity contribution is 0.860. The van der Waals surface area contributed by atoms with Gasteiger partial charge in [-0.25, -0.2) is 4.98 Å². The van der Waals surface area contributed by atoms with E-state index in [4.69, 9.17) is 0 Å². The predicted molar refractivity (Wildman–Crippen MR) is 56.1 cm³/mol. The van der Waals surface area contributed by atoms with Gasteiger partial charge in [-0.3, -0.25) is 9.78 Å². The molecule has 0 unspecified atom stereocenters. The minimum Gasteiger partial charge on any atom is -0.359 e. The number of anilines is 1. The molecule has 0 aliphatic heterocycles. The van der Waals surface area contributed by atoms with Crippen LogP contribution in [0.5, 0.6) is 0 Å². The van der Waals surface area contributed by atoms with Crippen LogP contribution in [-0.4, -0.2) is 17.0 Å². The Labute approximate surface area is 84.9 Å². The van der Waals surface area contributed by atoms with Gasteiger partial charge in [-0.1, -0.05) is 13.3 Å². The summed E-state index contributed by atoms with van der Waals surface area (Å²) >= 11 is 3.21. The molecule has 0 aliphatic carbocycles. The molecule has 2 N–H and O–H groups in total. The summed E-state index contributed by atoms with van der Waals surface area (Å²) in [4.78, 5) is 18.1. The summed E-state index contributed by atoms with van der Waals surface area (Å²) in [6.45, 7) is 2.05. The summed E-state index contributed by atoms with van der Waals surface area (Å²) < 4.78 is 0.536. The normalized spacial score (nSPS) is 10.1. The van der Waals surface area contributed by atoms with Crippen molar-refractivity contribution < 1.29 is 0 Å². The van der Waals surface area contributed by atoms with Gasteiger partial charge in [0.25, 0.3) is 5.56 Å². The second-order valence-electron chi connectivity index (χ2n) is 2.68. The van der Waals surface area contributed by atoms with Crippen molar-refractivity contribution >= 4 is 21.9 Å². The first-order valence-electron chi connectivity index (χ1n) is 4.15. The Hall–Kier alpha value is -0.840. The molecular formula is C8H12BrN3O. The van der Waals surface area contributed by atoms with Crippen LogP contribution in [0, 0.1) is 0 Å². The van der Waals surface area contributed by atoms with Crippen LogP contribution in [0.2, 0.25) is 0 Å². The molecule has 0 amide bonds. The van der Waals surface area contributed by atoms with E-state index in [1.807, 2.05) is 6.92 Å². The monoisotopic (exact) mass is 245 g/mol. The van der Waals surface area contributed by atoms with Gasteiger partial charge in [0, 0.05) is 7.05 Å². The number of halogens is 1. The number of aryl methyl sites for hydroxylation is 1. The molecule has 5 heteroatoms. The molecule has 0 saturated carbocycles. The fraction of sp³-hybridized carbons (Fsp3) is 0.500. The molecule has 0 aromatic carbocycles. The molecule has 1 aromatic heterocycles. The maximum Gasteiger partial charge on any atom is 0.266 e. The first-order chi connectivity index (χ1) is 6.19. The highest BCUT2D eigenvalue weighted by Crippen LogP contribution is 2.11. The highest BCUT2D eigenvalue weighted by atomic mass is 79.9. The molecule has 0 fully saturated rings. The van der Waals surface area contributed by atoms with Crippen LogP contribution in [-0.2, 0) is 6.42 Å². The summed E-state index contributed by atoms with van der Waals surface area (Å²) in [5.74, 6) is 0.511. The fourth-order valence-corrected chi connectivity index (χ4v) is 1.41. The minimum absolute atomic E-state index is 0.136. The highest BCUT2D eigenvalue weighted by Gasteiger charge is 2.06. The average Bonchev–Trinajstić information content (AvgIpc) is 2.13. The lowest BCUT2D eigenvalue weighted by Crippen LogP contribution is -2.14. The second-order valence-corrected chi connectivity index (χ2v) is 3.47. The van der Waals surface area contributed by atoms with E-state index >= 15 is 0 Å². The van der Waals surface area contributed by atoms with Crippen molar-refractivity contribution in [2.45, 2.75) is 19.8 Å². The van der Waals surface area contributed by atoms with E-state index in [9.17, 15) is 4.79 Å². The smallest absolute Gasteiger partial charge is 0.266 e. The number of nitrogens with one attached hydrogen (secondary N) is 2. The molecule has 0 radical (unpaired) electrons. The first kappa shape index (κ1) is 10.2. The summed E-state index contributed by atoms with van der Waals surface area (Å²) in [5, 5.41) is 2.81. The quantitative estimate of drug-likeness (QED) is 0.850. The molecular weight excluding hydrogens is 234 g/mol. The molecule has 4 nitrogen and oxygen atoms in total. The predicted octanol–water partition coefficient (Wildman–Crippen LogP) is 1.53. The maximum atomic E-state index is 11.3. The van der Waals surface area contributed by atoms with E-state index in [2.05, 4.69) is 31.2 Å². The molecule has 0 saturated heterocycles. The Morgan fingerprint density at radius 3 is 2.85 bits per heavy atom. The van der Waals surface area contributed by atoms with E-state index in [-0.39, 0.29) is 5.56 Å². The zero-order chi connectivity index (χ0) is 9.84. The van der Waals surface area contributed by atoms with Crippen LogP contribution in [0.25, 0.3) is 0 Å². The molecule has 72 valence electrons. The third-order valence-corrected chi connectivity index (χ3v) is 2.47. The lowest BCUT2D eigenvalue weighted by Gasteiger charge is -2.04. The number of rotatable bonds is 3. The molecule has 0 bridgehead atoms. The Balaban J connectivity index is 3.17. The van der Waals surface area contributed by atoms with Crippen molar-refractivity contribution in [2.24, 2.45) is 0 Å². The van der Waals surface area contributed by atoms with Gasteiger partial charge in [0.2, 0.25) is 5.95 Å². The number of aromatic nitrogens is 2. The Morgan fingerprint density at radius 1 is 1.62 bits per heavy atom. The van der Waals surface area contributed by atoms with Crippen molar-refractivity contribution in [3.8, 4) is 0 Å². The van der Waals surface area contributed by atoms with Crippen LogP contribution < -0.4 is 10.9 Å². The Bertz CT molecular complexity index is 348. The van der Waals surface area contributed by atoms with Gasteiger partial charge in [-0.2, -0.15) is 0 Å². The SMILES string of the molecule is CCCc1nc(NC)[nH]c(=O)c1Br. The third kappa shape index (κ3) is 2.30. The van der Waals surface area contributed by atoms with Gasteiger partial charge in [-0.05, 0) is 22.4 Å². The topological polar surface area (TPSA) is 57.8 Å². The Morgan fingerprint density at radius 2 is 2.31 bits per heavy atom. The lowest BCUT2D eigenvalue weighted by atomic mass is 10.2. The summed E-state index contributed by atoms with van der Waals surface area (Å²) in [6.07, 6.45) is 1.78. The van der Waals surface area contributed by atoms with Gasteiger partial charge >= 0.3 is 0 Å². The van der Waals surface area contributed by atoms with E-state index < -0.39 is 0 Å². The molecule has 1 rings (SSSR count). The van der Waals surface area contributed by atoms with E-state index in [1.54, 1.807) is 7.05 Å². The molecule has 0 spiro atoms. The average molecular weight is 246 g/mol. The van der Waals surface area contributed by atoms with Crippen LogP contribution in [0.1, 0.15) is 19.0 Å². The number of nitrogens with zero attached hydrogens (tertiary/aromatic N) is 1. The molecule has 1 aromatic rings. The van der Waals surface area contributed by atoms with Gasteiger partial charge < -0.3 is 5.32 Å². The van der Waals surface area contributed by atoms with E-state index in [1.165, 1.54) is 0 Å². The van der Waals surface area contributed by atoms with Crippen LogP contribution in [0.15, 0.2) is 9.27 Å². The summed E-state index contributed by atoms with van der Waals surface area (Å²) in [6, 6.07) is 0. The third-order valence-electron chi connectivity index (χ3n) is 1.66. The zero-order valence-corrected chi connectivity index (χ0v) is 9.23. The van der Waals surface area contributed by atoms with Crippen LogP contribution >= 0.6 is 15.9 Å². The van der Waals surface area contributed by atoms with Gasteiger partial charge in [0.15, 0.2) is 0 Å². The summed E-state index contributed by atoms with van der Waals surface area (Å²) in [5.41, 5.74) is 0.665. The van der Waals surface area contributed by atoms with Crippen LogP contribution in [0.4, 0.5) is 5.95 Å². The van der Waals surface area contributed by atoms with Crippen molar-refractivity contribution in [2.75, 3.05) is 12.4 Å². The van der Waals surface area contributed by atoms with Crippen molar-refractivity contribution in [1.29, 1.82) is 0 Å².